The molecule has 4 heterocycles. The third-order valence-corrected chi connectivity index (χ3v) is 8.54. The first-order chi connectivity index (χ1) is 14.9. The Morgan fingerprint density at radius 2 is 1.97 bits per heavy atom. The smallest absolute Gasteiger partial charge is 0.246 e. The highest BCUT2D eigenvalue weighted by molar-refractivity contribution is 7.89. The minimum atomic E-state index is -3.55. The summed E-state index contributed by atoms with van der Waals surface area (Å²) in [6.07, 6.45) is 4.44. The zero-order chi connectivity index (χ0) is 21.6. The molecule has 0 spiro atoms. The fourth-order valence-corrected chi connectivity index (χ4v) is 6.54. The average molecular weight is 445 g/mol. The predicted octanol–water partition coefficient (Wildman–Crippen LogP) is 3.17. The van der Waals surface area contributed by atoms with E-state index in [1.54, 1.807) is 18.2 Å². The van der Waals surface area contributed by atoms with Crippen molar-refractivity contribution in [3.05, 3.63) is 41.9 Å². The van der Waals surface area contributed by atoms with Crippen molar-refractivity contribution in [3.63, 3.8) is 0 Å². The molecule has 0 aliphatic carbocycles. The summed E-state index contributed by atoms with van der Waals surface area (Å²) < 4.78 is 41.9. The van der Waals surface area contributed by atoms with E-state index in [-0.39, 0.29) is 6.10 Å². The summed E-state index contributed by atoms with van der Waals surface area (Å²) in [5.41, 5.74) is 2.25. The molecule has 0 bridgehead atoms. The Morgan fingerprint density at radius 3 is 2.65 bits per heavy atom. The molecule has 166 valence electrons. The highest BCUT2D eigenvalue weighted by Crippen LogP contribution is 2.33. The Hall–Kier alpha value is -2.36. The van der Waals surface area contributed by atoms with Crippen LogP contribution in [-0.2, 0) is 14.8 Å². The maximum atomic E-state index is 13.1. The molecule has 2 fully saturated rings. The first-order valence-electron chi connectivity index (χ1n) is 10.8. The van der Waals surface area contributed by atoms with Crippen molar-refractivity contribution in [2.24, 2.45) is 0 Å². The molecule has 1 N–H and O–H groups in total. The minimum absolute atomic E-state index is 0.0123. The van der Waals surface area contributed by atoms with Gasteiger partial charge in [-0.2, -0.15) is 9.40 Å². The molecule has 0 radical (unpaired) electrons. The molecule has 31 heavy (non-hydrogen) atoms. The molecule has 2 aliphatic rings. The van der Waals surface area contributed by atoms with Crippen molar-refractivity contribution in [1.29, 1.82) is 0 Å². The summed E-state index contributed by atoms with van der Waals surface area (Å²) in [6.45, 7) is 5.89. The number of nitrogens with one attached hydrogen (secondary N) is 1. The van der Waals surface area contributed by atoms with E-state index in [4.69, 9.17) is 9.47 Å². The minimum Gasteiger partial charge on any atom is -0.490 e. The molecule has 5 rings (SSSR count). The molecule has 1 unspecified atom stereocenters. The van der Waals surface area contributed by atoms with E-state index in [1.807, 2.05) is 12.1 Å². The van der Waals surface area contributed by atoms with Gasteiger partial charge in [0.25, 0.3) is 0 Å². The Morgan fingerprint density at radius 1 is 1.16 bits per heavy atom. The number of hydrogen-bond donors (Lipinski definition) is 1. The lowest BCUT2D eigenvalue weighted by Gasteiger charge is -2.31. The Labute approximate surface area is 182 Å². The molecule has 1 aromatic carbocycles. The summed E-state index contributed by atoms with van der Waals surface area (Å²) in [5, 5.41) is 7.91. The fourth-order valence-electron chi connectivity index (χ4n) is 4.74. The zero-order valence-electron chi connectivity index (χ0n) is 17.9. The fraction of sp³-hybridized carbons (Fsp3) is 0.500. The van der Waals surface area contributed by atoms with Crippen LogP contribution < -0.4 is 4.74 Å². The number of aromatic amines is 1. The van der Waals surface area contributed by atoms with E-state index in [9.17, 15) is 8.42 Å². The third-order valence-electron chi connectivity index (χ3n) is 6.38. The highest BCUT2D eigenvalue weighted by Gasteiger charge is 2.33. The van der Waals surface area contributed by atoms with Gasteiger partial charge in [0, 0.05) is 31.3 Å². The van der Waals surface area contributed by atoms with Crippen molar-refractivity contribution in [2.45, 2.75) is 50.2 Å². The van der Waals surface area contributed by atoms with Gasteiger partial charge in [-0.05, 0) is 51.3 Å². The van der Waals surface area contributed by atoms with Gasteiger partial charge in [0.15, 0.2) is 0 Å². The third kappa shape index (κ3) is 3.64. The number of piperidine rings is 1. The zero-order valence-corrected chi connectivity index (χ0v) is 18.7. The predicted molar refractivity (Wildman–Crippen MR) is 117 cm³/mol. The van der Waals surface area contributed by atoms with E-state index in [1.165, 1.54) is 0 Å². The van der Waals surface area contributed by atoms with Crippen LogP contribution >= 0.6 is 0 Å². The second-order valence-corrected chi connectivity index (χ2v) is 10.3. The van der Waals surface area contributed by atoms with E-state index in [0.29, 0.717) is 48.3 Å². The van der Waals surface area contributed by atoms with Crippen LogP contribution in [0.5, 0.6) is 5.75 Å². The van der Waals surface area contributed by atoms with Gasteiger partial charge in [0.05, 0.1) is 29.6 Å². The number of nitrogens with zero attached hydrogens (tertiary/aromatic N) is 3. The number of rotatable bonds is 5. The first-order valence-corrected chi connectivity index (χ1v) is 12.2. The number of sulfonamides is 1. The van der Waals surface area contributed by atoms with Gasteiger partial charge in [0.1, 0.15) is 16.7 Å². The summed E-state index contributed by atoms with van der Waals surface area (Å²) in [4.78, 5) is 0.300. The van der Waals surface area contributed by atoms with Crippen molar-refractivity contribution < 1.29 is 17.9 Å². The highest BCUT2D eigenvalue weighted by atomic mass is 32.2. The summed E-state index contributed by atoms with van der Waals surface area (Å²) in [5.74, 6) is 0.859. The molecular weight excluding hydrogens is 416 g/mol. The molecule has 2 aliphatic heterocycles. The molecule has 2 aromatic heterocycles. The van der Waals surface area contributed by atoms with E-state index >= 15 is 0 Å². The lowest BCUT2D eigenvalue weighted by molar-refractivity contribution is 0.137. The number of H-pyrrole nitrogens is 1. The SMILES string of the molecule is Cc1n[nH]c(C)c1S(=O)(=O)N1CCC(Oc2cccc3c2ccn3C2CCOC2)CC1. The summed E-state index contributed by atoms with van der Waals surface area (Å²) in [7, 11) is -3.55. The second-order valence-electron chi connectivity index (χ2n) is 8.41. The normalized spacial score (nSPS) is 21.2. The maximum absolute atomic E-state index is 13.1. The standard InChI is InChI=1S/C22H28N4O4S/c1-15-22(16(2)24-23-15)31(27,28)25-10-6-18(7-11-25)30-21-5-3-4-20-19(21)8-12-26(20)17-9-13-29-14-17/h3-5,8,12,17-18H,6-7,9-11,13-14H2,1-2H3,(H,23,24). The molecule has 8 nitrogen and oxygen atoms in total. The van der Waals surface area contributed by atoms with Gasteiger partial charge in [-0.15, -0.1) is 0 Å². The van der Waals surface area contributed by atoms with Crippen LogP contribution in [0.1, 0.15) is 36.7 Å². The van der Waals surface area contributed by atoms with Crippen molar-refractivity contribution >= 4 is 20.9 Å². The summed E-state index contributed by atoms with van der Waals surface area (Å²) >= 11 is 0. The van der Waals surface area contributed by atoms with Gasteiger partial charge in [0.2, 0.25) is 10.0 Å². The van der Waals surface area contributed by atoms with Crippen molar-refractivity contribution in [1.82, 2.24) is 19.1 Å². The van der Waals surface area contributed by atoms with E-state index in [0.717, 1.165) is 36.3 Å². The largest absolute Gasteiger partial charge is 0.490 e. The van der Waals surface area contributed by atoms with E-state index in [2.05, 4.69) is 33.1 Å². The van der Waals surface area contributed by atoms with E-state index < -0.39 is 10.0 Å². The van der Waals surface area contributed by atoms with Gasteiger partial charge < -0.3 is 14.0 Å². The molecule has 9 heteroatoms. The lowest BCUT2D eigenvalue weighted by atomic mass is 10.1. The lowest BCUT2D eigenvalue weighted by Crippen LogP contribution is -2.42. The molecule has 1 atom stereocenters. The van der Waals surface area contributed by atoms with Gasteiger partial charge in [-0.1, -0.05) is 6.07 Å². The van der Waals surface area contributed by atoms with Crippen LogP contribution in [0, 0.1) is 13.8 Å². The molecular formula is C22H28N4O4S. The Bertz CT molecular complexity index is 1170. The Kier molecular flexibility index (Phi) is 5.27. The van der Waals surface area contributed by atoms with Gasteiger partial charge >= 0.3 is 0 Å². The van der Waals surface area contributed by atoms with Crippen LogP contribution in [-0.4, -0.2) is 59.9 Å². The van der Waals surface area contributed by atoms with Crippen LogP contribution in [0.4, 0.5) is 0 Å². The van der Waals surface area contributed by atoms with Gasteiger partial charge in [-0.3, -0.25) is 5.10 Å². The van der Waals surface area contributed by atoms with Crippen LogP contribution in [0.15, 0.2) is 35.4 Å². The number of hydrogen-bond acceptors (Lipinski definition) is 5. The van der Waals surface area contributed by atoms with Crippen LogP contribution in [0.25, 0.3) is 10.9 Å². The monoisotopic (exact) mass is 444 g/mol. The molecule has 3 aromatic rings. The average Bonchev–Trinajstić information content (AvgIpc) is 3.49. The van der Waals surface area contributed by atoms with Crippen molar-refractivity contribution in [3.8, 4) is 5.75 Å². The summed E-state index contributed by atoms with van der Waals surface area (Å²) in [6, 6.07) is 8.61. The second kappa shape index (κ2) is 7.96. The molecule has 2 saturated heterocycles. The molecule has 0 amide bonds. The number of benzene rings is 1. The maximum Gasteiger partial charge on any atom is 0.246 e. The van der Waals surface area contributed by atoms with Crippen LogP contribution in [0.3, 0.4) is 0 Å². The number of fused-ring (bicyclic) bond motifs is 1. The number of aryl methyl sites for hydroxylation is 2. The molecule has 0 saturated carbocycles. The topological polar surface area (TPSA) is 89.5 Å². The number of ether oxygens (including phenoxy) is 2. The first kappa shape index (κ1) is 20.5. The quantitative estimate of drug-likeness (QED) is 0.653. The van der Waals surface area contributed by atoms with Gasteiger partial charge in [-0.25, -0.2) is 8.42 Å². The number of aromatic nitrogens is 3. The van der Waals surface area contributed by atoms with Crippen LogP contribution in [0.2, 0.25) is 0 Å². The van der Waals surface area contributed by atoms with Crippen molar-refractivity contribution in [2.75, 3.05) is 26.3 Å². The Balaban J connectivity index is 1.29.